The fourth-order valence-corrected chi connectivity index (χ4v) is 0.913. The molecule has 0 aromatic rings. The summed E-state index contributed by atoms with van der Waals surface area (Å²) in [4.78, 5) is 0. The summed E-state index contributed by atoms with van der Waals surface area (Å²) in [7, 11) is 0. The lowest BCUT2D eigenvalue weighted by atomic mass is 9.96. The minimum atomic E-state index is -2.05. The number of halogens is 3. The molecule has 0 heterocycles. The van der Waals surface area contributed by atoms with Crippen molar-refractivity contribution in [3.63, 3.8) is 0 Å². The van der Waals surface area contributed by atoms with Crippen LogP contribution in [-0.2, 0) is 0 Å². The Hall–Kier alpha value is -0.990. The fourth-order valence-electron chi connectivity index (χ4n) is 0.913. The van der Waals surface area contributed by atoms with E-state index in [9.17, 15) is 13.2 Å². The van der Waals surface area contributed by atoms with E-state index in [1.165, 1.54) is 0 Å². The van der Waals surface area contributed by atoms with Crippen LogP contribution in [0.3, 0.4) is 0 Å². The van der Waals surface area contributed by atoms with E-state index >= 15 is 0 Å². The topological polar surface area (TPSA) is 0 Å². The molecular weight excluding hydrogens is 153 g/mol. The van der Waals surface area contributed by atoms with Crippen molar-refractivity contribution in [2.45, 2.75) is 12.1 Å². The fraction of sp³-hybridized carbons (Fsp3) is 0.250. The normalized spacial score (nSPS) is 30.8. The zero-order valence-corrected chi connectivity index (χ0v) is 5.78. The third-order valence-corrected chi connectivity index (χ3v) is 1.45. The van der Waals surface area contributed by atoms with Gasteiger partial charge >= 0.3 is 0 Å². The van der Waals surface area contributed by atoms with Gasteiger partial charge in [0.15, 0.2) is 5.67 Å². The lowest BCUT2D eigenvalue weighted by molar-refractivity contribution is 0.271. The average molecular weight is 160 g/mol. The molecule has 0 amide bonds. The van der Waals surface area contributed by atoms with Crippen molar-refractivity contribution in [3.05, 3.63) is 36.5 Å². The standard InChI is InChI=1S/C8H7F3/c1-2-8(11)4-6(9)3-7(10)5-8/h2-4H,1,5H2. The summed E-state index contributed by atoms with van der Waals surface area (Å²) in [5, 5.41) is 0. The van der Waals surface area contributed by atoms with Crippen LogP contribution in [0.15, 0.2) is 36.5 Å². The molecule has 11 heavy (non-hydrogen) atoms. The number of alkyl halides is 1. The van der Waals surface area contributed by atoms with Gasteiger partial charge in [-0.1, -0.05) is 12.7 Å². The first-order valence-electron chi connectivity index (χ1n) is 3.13. The summed E-state index contributed by atoms with van der Waals surface area (Å²) in [6, 6.07) is 0. The summed E-state index contributed by atoms with van der Waals surface area (Å²) in [6.07, 6.45) is 1.81. The molecule has 0 aliphatic heterocycles. The summed E-state index contributed by atoms with van der Waals surface area (Å²) in [6.45, 7) is 3.14. The maximum atomic E-state index is 13.1. The van der Waals surface area contributed by atoms with Gasteiger partial charge in [0.1, 0.15) is 11.7 Å². The quantitative estimate of drug-likeness (QED) is 0.517. The van der Waals surface area contributed by atoms with E-state index in [2.05, 4.69) is 6.58 Å². The number of hydrogen-bond acceptors (Lipinski definition) is 0. The first kappa shape index (κ1) is 8.11. The van der Waals surface area contributed by atoms with Crippen LogP contribution in [-0.4, -0.2) is 5.67 Å². The highest BCUT2D eigenvalue weighted by molar-refractivity contribution is 5.30. The van der Waals surface area contributed by atoms with E-state index in [1.807, 2.05) is 0 Å². The zero-order chi connectivity index (χ0) is 8.48. The second kappa shape index (κ2) is 2.57. The Balaban J connectivity index is 2.95. The summed E-state index contributed by atoms with van der Waals surface area (Å²) in [5.41, 5.74) is -2.05. The summed E-state index contributed by atoms with van der Waals surface area (Å²) >= 11 is 0. The highest BCUT2D eigenvalue weighted by atomic mass is 19.2. The van der Waals surface area contributed by atoms with E-state index in [-0.39, 0.29) is 0 Å². The SMILES string of the molecule is C=CC1(F)C=C(F)C=C(F)C1. The van der Waals surface area contributed by atoms with Crippen LogP contribution >= 0.6 is 0 Å². The first-order chi connectivity index (χ1) is 5.06. The molecule has 0 N–H and O–H groups in total. The van der Waals surface area contributed by atoms with E-state index < -0.39 is 23.7 Å². The molecule has 1 aliphatic rings. The Kier molecular flexibility index (Phi) is 1.89. The molecule has 1 aliphatic carbocycles. The largest absolute Gasteiger partial charge is 0.234 e. The molecule has 1 atom stereocenters. The number of hydrogen-bond donors (Lipinski definition) is 0. The third kappa shape index (κ3) is 1.73. The van der Waals surface area contributed by atoms with Crippen LogP contribution in [0, 0.1) is 0 Å². The molecule has 0 saturated heterocycles. The molecular formula is C8H7F3. The van der Waals surface area contributed by atoms with Crippen molar-refractivity contribution in [3.8, 4) is 0 Å². The maximum absolute atomic E-state index is 13.1. The van der Waals surface area contributed by atoms with Crippen molar-refractivity contribution in [1.82, 2.24) is 0 Å². The smallest absolute Gasteiger partial charge is 0.156 e. The van der Waals surface area contributed by atoms with Gasteiger partial charge in [0.05, 0.1) is 0 Å². The van der Waals surface area contributed by atoms with Crippen LogP contribution in [0.25, 0.3) is 0 Å². The van der Waals surface area contributed by atoms with Crippen molar-refractivity contribution < 1.29 is 13.2 Å². The molecule has 0 aromatic carbocycles. The van der Waals surface area contributed by atoms with E-state index in [0.717, 1.165) is 6.08 Å². The van der Waals surface area contributed by atoms with E-state index in [1.54, 1.807) is 0 Å². The minimum absolute atomic E-state index is 0.454. The van der Waals surface area contributed by atoms with Gasteiger partial charge in [-0.3, -0.25) is 0 Å². The predicted octanol–water partition coefficient (Wildman–Crippen LogP) is 2.99. The van der Waals surface area contributed by atoms with Crippen LogP contribution in [0.1, 0.15) is 6.42 Å². The molecule has 0 bridgehead atoms. The lowest BCUT2D eigenvalue weighted by Crippen LogP contribution is -2.18. The van der Waals surface area contributed by atoms with Gasteiger partial charge < -0.3 is 0 Å². The van der Waals surface area contributed by atoms with Crippen LogP contribution in [0.4, 0.5) is 13.2 Å². The second-order valence-corrected chi connectivity index (χ2v) is 2.43. The van der Waals surface area contributed by atoms with Gasteiger partial charge in [-0.15, -0.1) is 0 Å². The van der Waals surface area contributed by atoms with Crippen molar-refractivity contribution in [2.24, 2.45) is 0 Å². The van der Waals surface area contributed by atoms with Crippen LogP contribution in [0.5, 0.6) is 0 Å². The third-order valence-electron chi connectivity index (χ3n) is 1.45. The first-order valence-corrected chi connectivity index (χ1v) is 3.13. The Morgan fingerprint density at radius 2 is 2.18 bits per heavy atom. The molecule has 0 saturated carbocycles. The van der Waals surface area contributed by atoms with Crippen LogP contribution in [0.2, 0.25) is 0 Å². The number of rotatable bonds is 1. The highest BCUT2D eigenvalue weighted by Gasteiger charge is 2.28. The van der Waals surface area contributed by atoms with Gasteiger partial charge in [-0.25, -0.2) is 13.2 Å². The second-order valence-electron chi connectivity index (χ2n) is 2.43. The zero-order valence-electron chi connectivity index (χ0n) is 5.78. The minimum Gasteiger partial charge on any atom is -0.234 e. The van der Waals surface area contributed by atoms with E-state index in [0.29, 0.717) is 12.2 Å². The molecule has 1 unspecified atom stereocenters. The molecule has 0 nitrogen and oxygen atoms in total. The van der Waals surface area contributed by atoms with Gasteiger partial charge in [0.2, 0.25) is 0 Å². The Labute approximate surface area is 62.7 Å². The molecule has 0 radical (unpaired) electrons. The van der Waals surface area contributed by atoms with Gasteiger partial charge in [0, 0.05) is 12.5 Å². The van der Waals surface area contributed by atoms with Crippen LogP contribution < -0.4 is 0 Å². The van der Waals surface area contributed by atoms with Crippen molar-refractivity contribution >= 4 is 0 Å². The average Bonchev–Trinajstić information content (AvgIpc) is 1.84. The Morgan fingerprint density at radius 3 is 2.64 bits per heavy atom. The monoisotopic (exact) mass is 160 g/mol. The molecule has 3 heteroatoms. The maximum Gasteiger partial charge on any atom is 0.156 e. The molecule has 1 rings (SSSR count). The van der Waals surface area contributed by atoms with Gasteiger partial charge in [-0.05, 0) is 6.08 Å². The molecule has 60 valence electrons. The number of allylic oxidation sites excluding steroid dienone is 5. The Bertz CT molecular complexity index is 240. The lowest BCUT2D eigenvalue weighted by Gasteiger charge is -2.18. The summed E-state index contributed by atoms with van der Waals surface area (Å²) < 4.78 is 37.9. The van der Waals surface area contributed by atoms with E-state index in [4.69, 9.17) is 0 Å². The predicted molar refractivity (Wildman–Crippen MR) is 37.0 cm³/mol. The van der Waals surface area contributed by atoms with Crippen molar-refractivity contribution in [1.29, 1.82) is 0 Å². The highest BCUT2D eigenvalue weighted by Crippen LogP contribution is 2.31. The summed E-state index contributed by atoms with van der Waals surface area (Å²) in [5.74, 6) is -1.69. The van der Waals surface area contributed by atoms with Gasteiger partial charge in [0.25, 0.3) is 0 Å². The molecule has 0 spiro atoms. The Morgan fingerprint density at radius 1 is 1.55 bits per heavy atom. The van der Waals surface area contributed by atoms with Gasteiger partial charge in [-0.2, -0.15) is 0 Å². The molecule has 0 fully saturated rings. The molecule has 0 aromatic heterocycles. The van der Waals surface area contributed by atoms with Crippen molar-refractivity contribution in [2.75, 3.05) is 0 Å².